The second-order valence-corrected chi connectivity index (χ2v) is 0.408. The summed E-state index contributed by atoms with van der Waals surface area (Å²) in [7, 11) is 0. The van der Waals surface area contributed by atoms with Gasteiger partial charge in [0.1, 0.15) is 0 Å². The normalized spacial score (nSPS) is 5.00. The lowest BCUT2D eigenvalue weighted by molar-refractivity contribution is 1.49. The number of hydrogen-bond donors (Lipinski definition) is 0. The number of terminal acetylenes is 1. The van der Waals surface area contributed by atoms with E-state index < -0.39 is 0 Å². The van der Waals surface area contributed by atoms with Crippen molar-refractivity contribution in [3.63, 3.8) is 0 Å². The Hall–Kier alpha value is -0.440. The minimum absolute atomic E-state index is 0.347. The van der Waals surface area contributed by atoms with Gasteiger partial charge in [0, 0.05) is 6.42 Å². The molecule has 0 aromatic rings. The van der Waals surface area contributed by atoms with Crippen LogP contribution >= 0.6 is 0 Å². The Morgan fingerprint density at radius 3 is 2.00 bits per heavy atom. The highest BCUT2D eigenvalue weighted by Gasteiger charge is 1.44. The van der Waals surface area contributed by atoms with Gasteiger partial charge in [-0.05, 0) is 6.92 Å². The summed E-state index contributed by atoms with van der Waals surface area (Å²) in [6.07, 6.45) is 5.00. The molecule has 0 N–H and O–H groups in total. The van der Waals surface area contributed by atoms with Gasteiger partial charge in [-0.3, -0.25) is 0 Å². The molecule has 0 atom stereocenters. The zero-order valence-electron chi connectivity index (χ0n) is 2.36. The second-order valence-electron chi connectivity index (χ2n) is 0.408. The van der Waals surface area contributed by atoms with E-state index in [0.717, 1.165) is 0 Å². The van der Waals surface area contributed by atoms with Gasteiger partial charge in [-0.25, -0.2) is 0 Å². The van der Waals surface area contributed by atoms with Crippen molar-refractivity contribution in [3.8, 4) is 12.3 Å². The van der Waals surface area contributed by atoms with Crippen LogP contribution < -0.4 is 0 Å². The van der Waals surface area contributed by atoms with Gasteiger partial charge < -0.3 is 0 Å². The minimum Gasteiger partial charge on any atom is -0.120 e. The average Bonchev–Trinajstić information content (AvgIpc) is 1.37. The zero-order chi connectivity index (χ0) is 3.41. The molecular weight excluding hydrogens is 48.0 g/mol. The zero-order valence-corrected chi connectivity index (χ0v) is 2.36. The number of hydrogen-bond acceptors (Lipinski definition) is 0. The van der Waals surface area contributed by atoms with Crippen LogP contribution in [-0.4, -0.2) is 0 Å². The van der Waals surface area contributed by atoms with Crippen molar-refractivity contribution in [2.24, 2.45) is 0 Å². The highest BCUT2D eigenvalue weighted by molar-refractivity contribution is 4.83. The maximum absolute atomic E-state index is 4.79. The Balaban J connectivity index is 2.43. The topological polar surface area (TPSA) is 0 Å². The average molecular weight is 52.1 g/mol. The first kappa shape index (κ1) is 3.56. The maximum atomic E-state index is 4.79. The third-order valence-electron chi connectivity index (χ3n) is 0.118. The van der Waals surface area contributed by atoms with E-state index in [4.69, 9.17) is 6.92 Å². The van der Waals surface area contributed by atoms with Crippen molar-refractivity contribution in [2.45, 2.75) is 6.42 Å². The van der Waals surface area contributed by atoms with Gasteiger partial charge in [0.15, 0.2) is 0 Å². The summed E-state index contributed by atoms with van der Waals surface area (Å²) in [4.78, 5) is 0. The van der Waals surface area contributed by atoms with Crippen LogP contribution in [0.2, 0.25) is 0 Å². The standard InChI is InChI=1S/C4H4/c1-3-4-2/h1-2H,3H2. The van der Waals surface area contributed by atoms with E-state index in [9.17, 15) is 0 Å². The lowest BCUT2D eigenvalue weighted by atomic mass is 10.5. The smallest absolute Gasteiger partial charge is 0.0121 e. The van der Waals surface area contributed by atoms with E-state index in [-0.39, 0.29) is 0 Å². The third kappa shape index (κ3) is 1.56. The monoisotopic (exact) mass is 52.0 g/mol. The summed E-state index contributed by atoms with van der Waals surface area (Å²) in [5.41, 5.74) is 0. The maximum Gasteiger partial charge on any atom is 0.0121 e. The summed E-state index contributed by atoms with van der Waals surface area (Å²) in [5, 5.41) is 0. The Labute approximate surface area is 26.8 Å². The molecule has 4 heavy (non-hydrogen) atoms. The largest absolute Gasteiger partial charge is 0.120 e. The first-order valence-electron chi connectivity index (χ1n) is 1.05. The van der Waals surface area contributed by atoms with E-state index in [1.165, 1.54) is 0 Å². The Morgan fingerprint density at radius 1 is 1.75 bits per heavy atom. The van der Waals surface area contributed by atoms with Crippen molar-refractivity contribution < 1.29 is 0 Å². The van der Waals surface area contributed by atoms with E-state index in [1.807, 2.05) is 0 Å². The lowest BCUT2D eigenvalue weighted by Gasteiger charge is -1.51. The van der Waals surface area contributed by atoms with Crippen molar-refractivity contribution in [3.05, 3.63) is 6.92 Å². The quantitative estimate of drug-likeness (QED) is 0.356. The van der Waals surface area contributed by atoms with Crippen LogP contribution in [0.1, 0.15) is 6.42 Å². The first-order chi connectivity index (χ1) is 1.91. The summed E-state index contributed by atoms with van der Waals surface area (Å²) in [6, 6.07) is 0. The summed E-state index contributed by atoms with van der Waals surface area (Å²) in [6.45, 7) is 4.79. The molecule has 0 rings (SSSR count). The van der Waals surface area contributed by atoms with E-state index in [2.05, 4.69) is 12.3 Å². The van der Waals surface area contributed by atoms with Crippen LogP contribution in [-0.2, 0) is 0 Å². The molecule has 0 amide bonds. The Morgan fingerprint density at radius 2 is 2.00 bits per heavy atom. The summed E-state index contributed by atoms with van der Waals surface area (Å²) < 4.78 is 0. The van der Waals surface area contributed by atoms with Gasteiger partial charge in [0.25, 0.3) is 0 Å². The molecule has 0 bridgehead atoms. The predicted octanol–water partition coefficient (Wildman–Crippen LogP) is 0.721. The van der Waals surface area contributed by atoms with Crippen LogP contribution in [0.25, 0.3) is 0 Å². The van der Waals surface area contributed by atoms with Crippen LogP contribution in [0.4, 0.5) is 0 Å². The van der Waals surface area contributed by atoms with E-state index >= 15 is 0 Å². The first-order valence-corrected chi connectivity index (χ1v) is 1.05. The van der Waals surface area contributed by atoms with Gasteiger partial charge in [-0.15, -0.1) is 12.3 Å². The molecule has 0 aliphatic heterocycles. The fraction of sp³-hybridized carbons (Fsp3) is 0.250. The van der Waals surface area contributed by atoms with Gasteiger partial charge in [-0.2, -0.15) is 0 Å². The SMILES string of the molecule is [CH]CC#C. The molecule has 0 saturated carbocycles. The van der Waals surface area contributed by atoms with Gasteiger partial charge in [0.05, 0.1) is 0 Å². The van der Waals surface area contributed by atoms with Crippen LogP contribution in [0.5, 0.6) is 0 Å². The van der Waals surface area contributed by atoms with Gasteiger partial charge in [0.2, 0.25) is 0 Å². The second kappa shape index (κ2) is 2.56. The molecule has 0 aromatic heterocycles. The molecule has 0 saturated heterocycles. The lowest BCUT2D eigenvalue weighted by Crippen LogP contribution is -1.40. The Kier molecular flexibility index (Phi) is 2.28. The fourth-order valence-corrected chi connectivity index (χ4v) is 0. The predicted molar refractivity (Wildman–Crippen MR) is 17.8 cm³/mol. The molecule has 2 radical (unpaired) electrons. The summed E-state index contributed by atoms with van der Waals surface area (Å²) in [5.74, 6) is 2.21. The summed E-state index contributed by atoms with van der Waals surface area (Å²) >= 11 is 0. The van der Waals surface area contributed by atoms with Crippen molar-refractivity contribution >= 4 is 0 Å². The molecular formula is C4H4. The van der Waals surface area contributed by atoms with E-state index in [1.54, 1.807) is 0 Å². The molecule has 0 spiro atoms. The van der Waals surface area contributed by atoms with Crippen LogP contribution in [0, 0.1) is 19.3 Å². The number of rotatable bonds is 0. The molecule has 20 valence electrons. The third-order valence-corrected chi connectivity index (χ3v) is 0.118. The van der Waals surface area contributed by atoms with Crippen molar-refractivity contribution in [2.75, 3.05) is 0 Å². The fourth-order valence-electron chi connectivity index (χ4n) is 0. The minimum atomic E-state index is 0.347. The molecule has 0 heterocycles. The van der Waals surface area contributed by atoms with E-state index in [0.29, 0.717) is 6.42 Å². The van der Waals surface area contributed by atoms with Crippen molar-refractivity contribution in [1.82, 2.24) is 0 Å². The molecule has 0 heteroatoms. The van der Waals surface area contributed by atoms with Crippen LogP contribution in [0.15, 0.2) is 0 Å². The molecule has 0 nitrogen and oxygen atoms in total. The highest BCUT2D eigenvalue weighted by atomic mass is 13.5. The molecule has 0 aromatic carbocycles. The van der Waals surface area contributed by atoms with Crippen molar-refractivity contribution in [1.29, 1.82) is 0 Å². The Bertz CT molecular complexity index is 29.8. The molecule has 0 aliphatic carbocycles. The molecule has 0 aliphatic rings. The molecule has 0 fully saturated rings. The molecule has 0 unspecified atom stereocenters. The highest BCUT2D eigenvalue weighted by Crippen LogP contribution is 1.56. The van der Waals surface area contributed by atoms with Crippen LogP contribution in [0.3, 0.4) is 0 Å². The van der Waals surface area contributed by atoms with Gasteiger partial charge >= 0.3 is 0 Å². The van der Waals surface area contributed by atoms with Gasteiger partial charge in [-0.1, -0.05) is 0 Å².